The third-order valence-corrected chi connectivity index (χ3v) is 3.02. The third kappa shape index (κ3) is 4.79. The zero-order valence-electron chi connectivity index (χ0n) is 12.3. The molecule has 0 saturated carbocycles. The van der Waals surface area contributed by atoms with Crippen molar-refractivity contribution in [1.29, 1.82) is 0 Å². The molecule has 0 amide bonds. The Bertz CT molecular complexity index is 358. The Kier molecular flexibility index (Phi) is 4.94. The van der Waals surface area contributed by atoms with Gasteiger partial charge in [0.2, 0.25) is 0 Å². The van der Waals surface area contributed by atoms with Gasteiger partial charge in [0.25, 0.3) is 0 Å². The highest BCUT2D eigenvalue weighted by molar-refractivity contribution is 5.28. The molecule has 1 aromatic carbocycles. The molecule has 18 heavy (non-hydrogen) atoms. The predicted molar refractivity (Wildman–Crippen MR) is 76.0 cm³/mol. The topological polar surface area (TPSA) is 29.5 Å². The van der Waals surface area contributed by atoms with Crippen molar-refractivity contribution in [2.45, 2.75) is 52.1 Å². The molecule has 1 unspecified atom stereocenters. The number of aliphatic hydroxyl groups is 1. The zero-order valence-corrected chi connectivity index (χ0v) is 12.3. The molecule has 1 aromatic rings. The second kappa shape index (κ2) is 5.85. The molecule has 0 heterocycles. The van der Waals surface area contributed by atoms with E-state index >= 15 is 0 Å². The largest absolute Gasteiger partial charge is 0.387 e. The summed E-state index contributed by atoms with van der Waals surface area (Å²) >= 11 is 0. The van der Waals surface area contributed by atoms with Gasteiger partial charge >= 0.3 is 0 Å². The van der Waals surface area contributed by atoms with Gasteiger partial charge in [0.1, 0.15) is 0 Å². The average Bonchev–Trinajstić information content (AvgIpc) is 2.25. The maximum absolute atomic E-state index is 10.2. The Morgan fingerprint density at radius 1 is 1.06 bits per heavy atom. The number of benzene rings is 1. The predicted octanol–water partition coefficient (Wildman–Crippen LogP) is 3.31. The first-order valence-corrected chi connectivity index (χ1v) is 6.64. The van der Waals surface area contributed by atoms with Crippen molar-refractivity contribution in [3.8, 4) is 0 Å². The maximum Gasteiger partial charge on any atom is 0.0892 e. The van der Waals surface area contributed by atoms with E-state index in [1.165, 1.54) is 5.56 Å². The number of rotatable bonds is 5. The first-order valence-electron chi connectivity index (χ1n) is 6.64. The maximum atomic E-state index is 10.2. The molecule has 0 aliphatic carbocycles. The molecule has 102 valence electrons. The van der Waals surface area contributed by atoms with Crippen LogP contribution in [0.3, 0.4) is 0 Å². The van der Waals surface area contributed by atoms with Crippen molar-refractivity contribution < 1.29 is 9.84 Å². The van der Waals surface area contributed by atoms with Crippen LogP contribution in [0.2, 0.25) is 0 Å². The molecule has 0 spiro atoms. The Balaban J connectivity index is 2.69. The van der Waals surface area contributed by atoms with Crippen molar-refractivity contribution >= 4 is 0 Å². The minimum Gasteiger partial charge on any atom is -0.387 e. The molecule has 1 rings (SSSR count). The number of ether oxygens (including phenoxy) is 1. The lowest BCUT2D eigenvalue weighted by molar-refractivity contribution is -0.0296. The van der Waals surface area contributed by atoms with Crippen LogP contribution in [0.15, 0.2) is 24.3 Å². The van der Waals surface area contributed by atoms with Crippen molar-refractivity contribution in [3.05, 3.63) is 35.4 Å². The summed E-state index contributed by atoms with van der Waals surface area (Å²) in [7, 11) is 0. The highest BCUT2D eigenvalue weighted by atomic mass is 16.5. The fraction of sp³-hybridized carbons (Fsp3) is 0.625. The van der Waals surface area contributed by atoms with E-state index in [9.17, 15) is 5.11 Å². The fourth-order valence-electron chi connectivity index (χ4n) is 1.94. The second-order valence-electron chi connectivity index (χ2n) is 6.26. The summed E-state index contributed by atoms with van der Waals surface area (Å²) in [5.41, 5.74) is 1.84. The van der Waals surface area contributed by atoms with Gasteiger partial charge in [-0.25, -0.2) is 0 Å². The van der Waals surface area contributed by atoms with Crippen molar-refractivity contribution in [2.75, 3.05) is 13.2 Å². The van der Waals surface area contributed by atoms with Crippen molar-refractivity contribution in [3.63, 3.8) is 0 Å². The Labute approximate surface area is 111 Å². The van der Waals surface area contributed by atoms with E-state index in [4.69, 9.17) is 4.74 Å². The lowest BCUT2D eigenvalue weighted by Crippen LogP contribution is -2.33. The van der Waals surface area contributed by atoms with Gasteiger partial charge in [0.05, 0.1) is 12.2 Å². The second-order valence-corrected chi connectivity index (χ2v) is 6.26. The summed E-state index contributed by atoms with van der Waals surface area (Å²) < 4.78 is 5.30. The van der Waals surface area contributed by atoms with Gasteiger partial charge in [-0.3, -0.25) is 0 Å². The minimum absolute atomic E-state index is 0.173. The molecular weight excluding hydrogens is 224 g/mol. The van der Waals surface area contributed by atoms with Crippen LogP contribution >= 0.6 is 0 Å². The summed E-state index contributed by atoms with van der Waals surface area (Å²) in [6.45, 7) is 11.4. The monoisotopic (exact) mass is 250 g/mol. The Morgan fingerprint density at radius 2 is 1.61 bits per heavy atom. The van der Waals surface area contributed by atoms with E-state index < -0.39 is 5.60 Å². The van der Waals surface area contributed by atoms with Crippen molar-refractivity contribution in [2.24, 2.45) is 0 Å². The van der Waals surface area contributed by atoms with Gasteiger partial charge < -0.3 is 9.84 Å². The van der Waals surface area contributed by atoms with Crippen LogP contribution in [-0.2, 0) is 16.6 Å². The fourth-order valence-corrected chi connectivity index (χ4v) is 1.94. The molecule has 0 aliphatic rings. The van der Waals surface area contributed by atoms with Gasteiger partial charge in [0, 0.05) is 13.0 Å². The van der Waals surface area contributed by atoms with E-state index in [2.05, 4.69) is 45.0 Å². The van der Waals surface area contributed by atoms with Crippen LogP contribution in [0.1, 0.15) is 45.7 Å². The molecule has 0 bridgehead atoms. The molecule has 0 aliphatic heterocycles. The Hall–Kier alpha value is -0.860. The third-order valence-electron chi connectivity index (χ3n) is 3.02. The van der Waals surface area contributed by atoms with E-state index in [1.54, 1.807) is 0 Å². The average molecular weight is 250 g/mol. The zero-order chi connectivity index (χ0) is 13.8. The lowest BCUT2D eigenvalue weighted by atomic mass is 9.86. The highest BCUT2D eigenvalue weighted by Crippen LogP contribution is 2.23. The van der Waals surface area contributed by atoms with Gasteiger partial charge in [-0.05, 0) is 30.4 Å². The molecule has 0 radical (unpaired) electrons. The SMILES string of the molecule is CCOCC(C)(O)Cc1ccc(C(C)(C)C)cc1. The summed E-state index contributed by atoms with van der Waals surface area (Å²) in [4.78, 5) is 0. The van der Waals surface area contributed by atoms with Gasteiger partial charge in [-0.2, -0.15) is 0 Å². The molecule has 0 saturated heterocycles. The highest BCUT2D eigenvalue weighted by Gasteiger charge is 2.21. The van der Waals surface area contributed by atoms with Crippen molar-refractivity contribution in [1.82, 2.24) is 0 Å². The molecule has 2 heteroatoms. The van der Waals surface area contributed by atoms with E-state index in [0.29, 0.717) is 19.6 Å². The first-order chi connectivity index (χ1) is 8.24. The van der Waals surface area contributed by atoms with Gasteiger partial charge in [-0.1, -0.05) is 45.0 Å². The van der Waals surface area contributed by atoms with Crippen LogP contribution in [0.25, 0.3) is 0 Å². The quantitative estimate of drug-likeness (QED) is 0.868. The molecule has 0 aromatic heterocycles. The normalized spacial score (nSPS) is 15.4. The molecule has 2 nitrogen and oxygen atoms in total. The summed E-state index contributed by atoms with van der Waals surface area (Å²) in [6, 6.07) is 8.49. The van der Waals surface area contributed by atoms with E-state index in [1.807, 2.05) is 13.8 Å². The molecule has 1 atom stereocenters. The van der Waals surface area contributed by atoms with Crippen LogP contribution < -0.4 is 0 Å². The summed E-state index contributed by atoms with van der Waals surface area (Å²) in [5.74, 6) is 0. The van der Waals surface area contributed by atoms with E-state index in [-0.39, 0.29) is 5.41 Å². The molecule has 0 fully saturated rings. The first kappa shape index (κ1) is 15.2. The minimum atomic E-state index is -0.792. The van der Waals surface area contributed by atoms with Crippen LogP contribution in [0.4, 0.5) is 0 Å². The van der Waals surface area contributed by atoms with Gasteiger partial charge in [0.15, 0.2) is 0 Å². The summed E-state index contributed by atoms with van der Waals surface area (Å²) in [5, 5.41) is 10.2. The standard InChI is InChI=1S/C16H26O2/c1-6-18-12-16(5,17)11-13-7-9-14(10-8-13)15(2,3)4/h7-10,17H,6,11-12H2,1-5H3. The smallest absolute Gasteiger partial charge is 0.0892 e. The van der Waals surface area contributed by atoms with Crippen LogP contribution in [-0.4, -0.2) is 23.9 Å². The summed E-state index contributed by atoms with van der Waals surface area (Å²) in [6.07, 6.45) is 0.622. The lowest BCUT2D eigenvalue weighted by Gasteiger charge is -2.24. The van der Waals surface area contributed by atoms with Gasteiger partial charge in [-0.15, -0.1) is 0 Å². The Morgan fingerprint density at radius 3 is 2.06 bits per heavy atom. The van der Waals surface area contributed by atoms with Crippen LogP contribution in [0.5, 0.6) is 0 Å². The number of hydrogen-bond donors (Lipinski definition) is 1. The van der Waals surface area contributed by atoms with Crippen LogP contribution in [0, 0.1) is 0 Å². The number of hydrogen-bond acceptors (Lipinski definition) is 2. The molecular formula is C16H26O2. The van der Waals surface area contributed by atoms with E-state index in [0.717, 1.165) is 5.56 Å². The molecule has 1 N–H and O–H groups in total.